The standard InChI is InChI=1S/C3H9N.C2H6O.C2H6.H2O3.5H2O2/c1-4(2)3;1-2-3;1-2;1-3-2;5*1-2/h1-3H3;3H,2H2,1H3;1-2H3;1-2H;5*1-2H. The SMILES string of the molecule is CC.CCO.CN(C)C.OO.OO.OO.OO.OO.OOO. The summed E-state index contributed by atoms with van der Waals surface area (Å²) >= 11 is 0. The third kappa shape index (κ3) is 18200. The Morgan fingerprint density at radius 1 is 0.636 bits per heavy atom. The molecule has 0 aliphatic carbocycles. The lowest BCUT2D eigenvalue weighted by molar-refractivity contribution is -0.465. The van der Waals surface area contributed by atoms with E-state index in [2.05, 4.69) is 5.04 Å². The first-order valence-electron chi connectivity index (χ1n) is 4.73. The smallest absolute Gasteiger partial charge is 0.0402 e. The normalized spacial score (nSPS) is 4.91. The average Bonchev–Trinajstić information content (AvgIpc) is 2.59. The second-order valence-corrected chi connectivity index (χ2v) is 1.74. The number of aliphatic hydroxyl groups excluding tert-OH is 1. The van der Waals surface area contributed by atoms with Gasteiger partial charge in [0.1, 0.15) is 0 Å². The summed E-state index contributed by atoms with van der Waals surface area (Å²) in [7, 11) is 6.00. The molecule has 0 aliphatic heterocycles. The van der Waals surface area contributed by atoms with Gasteiger partial charge in [0.2, 0.25) is 0 Å². The van der Waals surface area contributed by atoms with Crippen LogP contribution in [0.5, 0.6) is 0 Å². The Bertz CT molecular complexity index is 41.6. The van der Waals surface area contributed by atoms with E-state index in [0.717, 1.165) is 0 Å². The van der Waals surface area contributed by atoms with Gasteiger partial charge < -0.3 is 10.0 Å². The van der Waals surface area contributed by atoms with Gasteiger partial charge in [-0.3, -0.25) is 52.6 Å². The third-order valence-corrected chi connectivity index (χ3v) is 0. The van der Waals surface area contributed by atoms with Crippen molar-refractivity contribution in [2.75, 3.05) is 27.7 Å². The van der Waals surface area contributed by atoms with Crippen molar-refractivity contribution in [3.63, 3.8) is 0 Å². The van der Waals surface area contributed by atoms with Crippen molar-refractivity contribution in [2.24, 2.45) is 0 Å². The van der Waals surface area contributed by atoms with Crippen molar-refractivity contribution in [1.29, 1.82) is 0 Å². The van der Waals surface area contributed by atoms with Crippen molar-refractivity contribution in [2.45, 2.75) is 20.8 Å². The van der Waals surface area contributed by atoms with Crippen molar-refractivity contribution >= 4 is 0 Å². The molecule has 0 saturated carbocycles. The minimum Gasteiger partial charge on any atom is -0.397 e. The van der Waals surface area contributed by atoms with Gasteiger partial charge in [-0.25, -0.2) is 10.5 Å². The van der Waals surface area contributed by atoms with Gasteiger partial charge in [-0.15, -0.1) is 0 Å². The molecule has 0 aliphatic rings. The lowest BCUT2D eigenvalue weighted by Crippen LogP contribution is -1.99. The van der Waals surface area contributed by atoms with E-state index in [1.165, 1.54) is 0 Å². The number of aliphatic hydroxyl groups is 1. The summed E-state index contributed by atoms with van der Waals surface area (Å²) in [4.78, 5) is 2.00. The molecule has 15 nitrogen and oxygen atoms in total. The van der Waals surface area contributed by atoms with Crippen LogP contribution in [-0.2, 0) is 5.04 Å². The molecule has 0 atom stereocenters. The third-order valence-electron chi connectivity index (χ3n) is 0. The van der Waals surface area contributed by atoms with E-state index in [0.29, 0.717) is 0 Å². The van der Waals surface area contributed by atoms with E-state index >= 15 is 0 Å². The Labute approximate surface area is 128 Å². The summed E-state index contributed by atoms with van der Waals surface area (Å²) in [6.45, 7) is 5.93. The molecule has 15 heteroatoms. The van der Waals surface area contributed by atoms with E-state index in [-0.39, 0.29) is 6.61 Å². The Balaban J connectivity index is -0.0000000126. The molecule has 0 heterocycles. The molecule has 0 fully saturated rings. The lowest BCUT2D eigenvalue weighted by Gasteiger charge is -1.90. The predicted molar refractivity (Wildman–Crippen MR) is 76.3 cm³/mol. The average molecular weight is 355 g/mol. The first-order valence-corrected chi connectivity index (χ1v) is 4.73. The molecule has 0 amide bonds. The van der Waals surface area contributed by atoms with E-state index < -0.39 is 0 Å². The molecule has 0 rings (SSSR count). The topological polar surface area (TPSA) is 275 Å². The van der Waals surface area contributed by atoms with E-state index in [1.807, 2.05) is 39.9 Å². The summed E-state index contributed by atoms with van der Waals surface area (Å²) in [6, 6.07) is 0. The van der Waals surface area contributed by atoms with Gasteiger partial charge in [0.05, 0.1) is 0 Å². The minimum absolute atomic E-state index is 0.250. The highest BCUT2D eigenvalue weighted by Gasteiger charge is 1.58. The molecule has 0 aromatic heterocycles. The van der Waals surface area contributed by atoms with Crippen LogP contribution in [-0.4, -0.2) is 101 Å². The number of nitrogens with zero attached hydrogens (tertiary/aromatic N) is 1. The molecule has 0 unspecified atom stereocenters. The van der Waals surface area contributed by atoms with Crippen LogP contribution in [0.2, 0.25) is 0 Å². The fourth-order valence-electron chi connectivity index (χ4n) is 0. The molecular weight excluding hydrogens is 322 g/mol. The second kappa shape index (κ2) is 397. The lowest BCUT2D eigenvalue weighted by atomic mass is 10.9. The maximum atomic E-state index is 7.57. The van der Waals surface area contributed by atoms with E-state index in [9.17, 15) is 0 Å². The number of hydrogen-bond acceptors (Lipinski definition) is 15. The number of hydrogen-bond donors (Lipinski definition) is 13. The van der Waals surface area contributed by atoms with Crippen LogP contribution < -0.4 is 0 Å². The molecule has 150 valence electrons. The van der Waals surface area contributed by atoms with Gasteiger partial charge in [-0.2, -0.15) is 0 Å². The quantitative estimate of drug-likeness (QED) is 0.215. The summed E-state index contributed by atoms with van der Waals surface area (Å²) in [5.41, 5.74) is 0. The molecule has 22 heavy (non-hydrogen) atoms. The van der Waals surface area contributed by atoms with Crippen molar-refractivity contribution in [3.8, 4) is 0 Å². The Morgan fingerprint density at radius 2 is 0.636 bits per heavy atom. The maximum absolute atomic E-state index is 7.57. The zero-order valence-corrected chi connectivity index (χ0v) is 13.4. The first kappa shape index (κ1) is 57.9. The summed E-state index contributed by atoms with van der Waals surface area (Å²) in [6.07, 6.45) is 0. The zero-order chi connectivity index (χ0) is 21.0. The van der Waals surface area contributed by atoms with Gasteiger partial charge in [0.15, 0.2) is 0 Å². The Hall–Kier alpha value is -0.600. The van der Waals surface area contributed by atoms with Crippen LogP contribution in [0, 0.1) is 0 Å². The molecule has 0 saturated heterocycles. The molecular formula is C7H33NO14. The number of rotatable bonds is 0. The molecule has 13 N–H and O–H groups in total. The van der Waals surface area contributed by atoms with E-state index in [4.69, 9.17) is 68.2 Å². The zero-order valence-electron chi connectivity index (χ0n) is 13.4. The van der Waals surface area contributed by atoms with E-state index in [1.54, 1.807) is 6.92 Å². The van der Waals surface area contributed by atoms with Gasteiger partial charge in [-0.05, 0) is 28.1 Å². The highest BCUT2D eigenvalue weighted by Crippen LogP contribution is 1.47. The van der Waals surface area contributed by atoms with Crippen LogP contribution >= 0.6 is 0 Å². The van der Waals surface area contributed by atoms with Gasteiger partial charge in [0, 0.05) is 6.61 Å². The van der Waals surface area contributed by atoms with Crippen molar-refractivity contribution in [3.05, 3.63) is 0 Å². The van der Waals surface area contributed by atoms with Gasteiger partial charge in [0.25, 0.3) is 0 Å². The van der Waals surface area contributed by atoms with Gasteiger partial charge in [-0.1, -0.05) is 18.9 Å². The first-order chi connectivity index (χ1) is 10.6. The summed E-state index contributed by atoms with van der Waals surface area (Å²) in [5, 5.41) is 83.1. The maximum Gasteiger partial charge on any atom is 0.0402 e. The van der Waals surface area contributed by atoms with Gasteiger partial charge >= 0.3 is 0 Å². The molecule has 0 aromatic rings. The molecule has 0 spiro atoms. The fraction of sp³-hybridized carbons (Fsp3) is 1.00. The molecule has 0 radical (unpaired) electrons. The Morgan fingerprint density at radius 3 is 0.636 bits per heavy atom. The van der Waals surface area contributed by atoms with Crippen molar-refractivity contribution in [1.82, 2.24) is 4.90 Å². The minimum atomic E-state index is 0.250. The monoisotopic (exact) mass is 355 g/mol. The second-order valence-electron chi connectivity index (χ2n) is 1.74. The van der Waals surface area contributed by atoms with Crippen LogP contribution in [0.1, 0.15) is 20.8 Å². The predicted octanol–water partition coefficient (Wildman–Crippen LogP) is 1.24. The highest BCUT2D eigenvalue weighted by molar-refractivity contribution is 4.09. The Kier molecular flexibility index (Phi) is 1040. The summed E-state index contributed by atoms with van der Waals surface area (Å²) in [5.74, 6) is 0. The largest absolute Gasteiger partial charge is 0.397 e. The summed E-state index contributed by atoms with van der Waals surface area (Å²) < 4.78 is 0. The molecule has 0 bridgehead atoms. The fourth-order valence-corrected chi connectivity index (χ4v) is 0. The highest BCUT2D eigenvalue weighted by atomic mass is 17.4. The van der Waals surface area contributed by atoms with Crippen LogP contribution in [0.25, 0.3) is 0 Å². The van der Waals surface area contributed by atoms with Crippen LogP contribution in [0.4, 0.5) is 0 Å². The van der Waals surface area contributed by atoms with Crippen molar-refractivity contribution < 1.29 is 73.2 Å². The molecule has 0 aromatic carbocycles. The van der Waals surface area contributed by atoms with Crippen LogP contribution in [0.3, 0.4) is 0 Å². The van der Waals surface area contributed by atoms with Crippen LogP contribution in [0.15, 0.2) is 0 Å².